The SMILES string of the molecule is CC1C(=O)NCCN1Cc1noc(-c2ccccc2)n1. The number of carbonyl (C=O) groups excluding carboxylic acids is 1. The Morgan fingerprint density at radius 1 is 1.40 bits per heavy atom. The Morgan fingerprint density at radius 2 is 2.20 bits per heavy atom. The van der Waals surface area contributed by atoms with Crippen molar-refractivity contribution in [2.75, 3.05) is 13.1 Å². The summed E-state index contributed by atoms with van der Waals surface area (Å²) in [5.74, 6) is 1.16. The van der Waals surface area contributed by atoms with Gasteiger partial charge < -0.3 is 9.84 Å². The first-order chi connectivity index (χ1) is 9.74. The third-order valence-corrected chi connectivity index (χ3v) is 3.46. The van der Waals surface area contributed by atoms with E-state index in [1.165, 1.54) is 0 Å². The molecule has 20 heavy (non-hydrogen) atoms. The molecule has 2 heterocycles. The highest BCUT2D eigenvalue weighted by Crippen LogP contribution is 2.17. The van der Waals surface area contributed by atoms with Gasteiger partial charge in [0.05, 0.1) is 12.6 Å². The molecule has 1 aromatic heterocycles. The molecule has 104 valence electrons. The van der Waals surface area contributed by atoms with Gasteiger partial charge in [0.15, 0.2) is 5.82 Å². The molecule has 1 aliphatic rings. The average molecular weight is 272 g/mol. The lowest BCUT2D eigenvalue weighted by molar-refractivity contribution is -0.128. The number of benzene rings is 1. The number of aromatic nitrogens is 2. The van der Waals surface area contributed by atoms with Crippen molar-refractivity contribution in [2.45, 2.75) is 19.5 Å². The van der Waals surface area contributed by atoms with Gasteiger partial charge in [-0.25, -0.2) is 0 Å². The first-order valence-electron chi connectivity index (χ1n) is 6.64. The van der Waals surface area contributed by atoms with E-state index in [1.807, 2.05) is 42.2 Å². The van der Waals surface area contributed by atoms with E-state index in [4.69, 9.17) is 4.52 Å². The molecule has 0 bridgehead atoms. The molecule has 0 radical (unpaired) electrons. The van der Waals surface area contributed by atoms with Crippen LogP contribution in [0.4, 0.5) is 0 Å². The van der Waals surface area contributed by atoms with E-state index in [1.54, 1.807) is 0 Å². The third-order valence-electron chi connectivity index (χ3n) is 3.46. The van der Waals surface area contributed by atoms with Crippen molar-refractivity contribution in [1.29, 1.82) is 0 Å². The molecular formula is C14H16N4O2. The van der Waals surface area contributed by atoms with Crippen molar-refractivity contribution in [3.8, 4) is 11.5 Å². The Hall–Kier alpha value is -2.21. The van der Waals surface area contributed by atoms with Gasteiger partial charge in [-0.3, -0.25) is 9.69 Å². The van der Waals surface area contributed by atoms with Crippen molar-refractivity contribution in [3.05, 3.63) is 36.2 Å². The van der Waals surface area contributed by atoms with E-state index in [0.717, 1.165) is 12.1 Å². The van der Waals surface area contributed by atoms with Crippen LogP contribution in [-0.4, -0.2) is 40.1 Å². The largest absolute Gasteiger partial charge is 0.353 e. The predicted octanol–water partition coefficient (Wildman–Crippen LogP) is 1.06. The minimum atomic E-state index is -0.164. The van der Waals surface area contributed by atoms with Crippen LogP contribution in [-0.2, 0) is 11.3 Å². The Balaban J connectivity index is 1.73. The molecule has 1 aromatic carbocycles. The fourth-order valence-corrected chi connectivity index (χ4v) is 2.24. The third kappa shape index (κ3) is 2.55. The fourth-order valence-electron chi connectivity index (χ4n) is 2.24. The minimum Gasteiger partial charge on any atom is -0.353 e. The predicted molar refractivity (Wildman–Crippen MR) is 72.6 cm³/mol. The Kier molecular flexibility index (Phi) is 3.47. The second-order valence-corrected chi connectivity index (χ2v) is 4.82. The molecule has 0 aliphatic carbocycles. The lowest BCUT2D eigenvalue weighted by atomic mass is 10.2. The standard InChI is InChI=1S/C14H16N4O2/c1-10-13(19)15-7-8-18(10)9-12-16-14(20-17-12)11-5-3-2-4-6-11/h2-6,10H,7-9H2,1H3,(H,15,19). The number of hydrogen-bond donors (Lipinski definition) is 1. The summed E-state index contributed by atoms with van der Waals surface area (Å²) in [5.41, 5.74) is 0.899. The van der Waals surface area contributed by atoms with E-state index in [2.05, 4.69) is 15.5 Å². The summed E-state index contributed by atoms with van der Waals surface area (Å²) in [6.07, 6.45) is 0. The van der Waals surface area contributed by atoms with Crippen LogP contribution in [0.3, 0.4) is 0 Å². The normalized spacial score (nSPS) is 19.9. The van der Waals surface area contributed by atoms with Crippen molar-refractivity contribution in [3.63, 3.8) is 0 Å². The zero-order chi connectivity index (χ0) is 13.9. The van der Waals surface area contributed by atoms with E-state index in [9.17, 15) is 4.79 Å². The van der Waals surface area contributed by atoms with Gasteiger partial charge in [0.1, 0.15) is 0 Å². The maximum atomic E-state index is 11.6. The van der Waals surface area contributed by atoms with Crippen molar-refractivity contribution in [2.24, 2.45) is 0 Å². The first-order valence-corrected chi connectivity index (χ1v) is 6.64. The summed E-state index contributed by atoms with van der Waals surface area (Å²) < 4.78 is 5.27. The highest BCUT2D eigenvalue weighted by molar-refractivity contribution is 5.81. The molecule has 1 atom stereocenters. The highest BCUT2D eigenvalue weighted by Gasteiger charge is 2.26. The van der Waals surface area contributed by atoms with Gasteiger partial charge in [-0.2, -0.15) is 4.98 Å². The molecule has 0 spiro atoms. The Labute approximate surface area is 116 Å². The number of carbonyl (C=O) groups is 1. The van der Waals surface area contributed by atoms with E-state index in [0.29, 0.717) is 24.8 Å². The van der Waals surface area contributed by atoms with Crippen molar-refractivity contribution < 1.29 is 9.32 Å². The second kappa shape index (κ2) is 5.42. The molecule has 1 unspecified atom stereocenters. The van der Waals surface area contributed by atoms with Gasteiger partial charge >= 0.3 is 0 Å². The molecule has 1 saturated heterocycles. The molecule has 1 fully saturated rings. The molecule has 2 aromatic rings. The molecule has 0 saturated carbocycles. The van der Waals surface area contributed by atoms with Crippen LogP contribution in [0.15, 0.2) is 34.9 Å². The monoisotopic (exact) mass is 272 g/mol. The number of piperazine rings is 1. The summed E-state index contributed by atoms with van der Waals surface area (Å²) in [7, 11) is 0. The quantitative estimate of drug-likeness (QED) is 0.904. The number of amides is 1. The van der Waals surface area contributed by atoms with E-state index < -0.39 is 0 Å². The summed E-state index contributed by atoms with van der Waals surface area (Å²) in [6.45, 7) is 3.85. The first kappa shape index (κ1) is 12.8. The summed E-state index contributed by atoms with van der Waals surface area (Å²) >= 11 is 0. The van der Waals surface area contributed by atoms with Gasteiger partial charge in [-0.05, 0) is 19.1 Å². The molecule has 1 aliphatic heterocycles. The maximum Gasteiger partial charge on any atom is 0.257 e. The molecule has 6 nitrogen and oxygen atoms in total. The fraction of sp³-hybridized carbons (Fsp3) is 0.357. The zero-order valence-corrected chi connectivity index (χ0v) is 11.2. The number of nitrogens with zero attached hydrogens (tertiary/aromatic N) is 3. The Morgan fingerprint density at radius 3 is 3.00 bits per heavy atom. The zero-order valence-electron chi connectivity index (χ0n) is 11.2. The van der Waals surface area contributed by atoms with Crippen molar-refractivity contribution >= 4 is 5.91 Å². The lowest BCUT2D eigenvalue weighted by Crippen LogP contribution is -2.53. The lowest BCUT2D eigenvalue weighted by Gasteiger charge is -2.31. The summed E-state index contributed by atoms with van der Waals surface area (Å²) in [4.78, 5) is 18.0. The summed E-state index contributed by atoms with van der Waals surface area (Å²) in [5, 5.41) is 6.82. The number of hydrogen-bond acceptors (Lipinski definition) is 5. The van der Waals surface area contributed by atoms with Gasteiger partial charge in [-0.15, -0.1) is 0 Å². The minimum absolute atomic E-state index is 0.0445. The van der Waals surface area contributed by atoms with Gasteiger partial charge in [-0.1, -0.05) is 23.4 Å². The van der Waals surface area contributed by atoms with Crippen LogP contribution in [0.25, 0.3) is 11.5 Å². The van der Waals surface area contributed by atoms with Crippen LogP contribution in [0, 0.1) is 0 Å². The number of nitrogens with one attached hydrogen (secondary N) is 1. The van der Waals surface area contributed by atoms with Gasteiger partial charge in [0, 0.05) is 18.7 Å². The van der Waals surface area contributed by atoms with Crippen LogP contribution in [0.1, 0.15) is 12.7 Å². The topological polar surface area (TPSA) is 71.3 Å². The summed E-state index contributed by atoms with van der Waals surface area (Å²) in [6, 6.07) is 9.48. The van der Waals surface area contributed by atoms with E-state index in [-0.39, 0.29) is 11.9 Å². The van der Waals surface area contributed by atoms with Crippen LogP contribution < -0.4 is 5.32 Å². The molecule has 1 N–H and O–H groups in total. The van der Waals surface area contributed by atoms with Crippen molar-refractivity contribution in [1.82, 2.24) is 20.4 Å². The second-order valence-electron chi connectivity index (χ2n) is 4.82. The molecule has 1 amide bonds. The van der Waals surface area contributed by atoms with Crippen LogP contribution >= 0.6 is 0 Å². The smallest absolute Gasteiger partial charge is 0.257 e. The van der Waals surface area contributed by atoms with E-state index >= 15 is 0 Å². The molecule has 6 heteroatoms. The van der Waals surface area contributed by atoms with Crippen LogP contribution in [0.2, 0.25) is 0 Å². The van der Waals surface area contributed by atoms with Gasteiger partial charge in [0.25, 0.3) is 5.89 Å². The maximum absolute atomic E-state index is 11.6. The number of rotatable bonds is 3. The van der Waals surface area contributed by atoms with Gasteiger partial charge in [0.2, 0.25) is 5.91 Å². The molecule has 3 rings (SSSR count). The highest BCUT2D eigenvalue weighted by atomic mass is 16.5. The van der Waals surface area contributed by atoms with Crippen LogP contribution in [0.5, 0.6) is 0 Å². The molecular weight excluding hydrogens is 256 g/mol. The Bertz CT molecular complexity index is 596. The average Bonchev–Trinajstić information content (AvgIpc) is 2.93.